The second-order valence-corrected chi connectivity index (χ2v) is 5.34. The van der Waals surface area contributed by atoms with Crippen LogP contribution in [-0.4, -0.2) is 25.2 Å². The second-order valence-electron chi connectivity index (χ2n) is 5.34. The van der Waals surface area contributed by atoms with Gasteiger partial charge in [-0.15, -0.1) is 0 Å². The Bertz CT molecular complexity index is 770. The Hall–Kier alpha value is -3.02. The third-order valence-corrected chi connectivity index (χ3v) is 3.46. The van der Waals surface area contributed by atoms with Crippen molar-refractivity contribution in [3.05, 3.63) is 63.7 Å². The number of benzene rings is 2. The molecule has 0 saturated carbocycles. The molecular formula is C19H21NO5. The molecule has 25 heavy (non-hydrogen) atoms. The van der Waals surface area contributed by atoms with E-state index in [1.165, 1.54) is 6.07 Å². The van der Waals surface area contributed by atoms with Crippen LogP contribution < -0.4 is 14.2 Å². The molecule has 0 aliphatic rings. The summed E-state index contributed by atoms with van der Waals surface area (Å²) in [7, 11) is 1.58. The third kappa shape index (κ3) is 4.97. The highest BCUT2D eigenvalue weighted by Crippen LogP contribution is 2.29. The number of rotatable bonds is 8. The highest BCUT2D eigenvalue weighted by molar-refractivity contribution is 5.55. The minimum absolute atomic E-state index is 0.0479. The maximum absolute atomic E-state index is 11.1. The van der Waals surface area contributed by atoms with Gasteiger partial charge >= 0.3 is 5.69 Å². The molecule has 2 rings (SSSR count). The summed E-state index contributed by atoms with van der Waals surface area (Å²) in [6.45, 7) is 4.16. The lowest BCUT2D eigenvalue weighted by Crippen LogP contribution is -2.10. The Morgan fingerprint density at radius 1 is 1.04 bits per heavy atom. The number of ether oxygens (including phenoxy) is 3. The van der Waals surface area contributed by atoms with Gasteiger partial charge in [-0.3, -0.25) is 10.1 Å². The summed E-state index contributed by atoms with van der Waals surface area (Å²) < 4.78 is 16.5. The lowest BCUT2D eigenvalue weighted by atomic mass is 10.2. The van der Waals surface area contributed by atoms with Gasteiger partial charge in [0, 0.05) is 6.07 Å². The normalized spacial score (nSPS) is 10.7. The smallest absolute Gasteiger partial charge is 0.311 e. The third-order valence-electron chi connectivity index (χ3n) is 3.46. The van der Waals surface area contributed by atoms with Crippen molar-refractivity contribution in [2.45, 2.75) is 13.8 Å². The SMILES string of the molecule is CC=Cc1ccc(OCCOc2ccc(C)cc2[N+](=O)[O-])c(OC)c1. The summed E-state index contributed by atoms with van der Waals surface area (Å²) in [5.41, 5.74) is 1.77. The summed E-state index contributed by atoms with van der Waals surface area (Å²) in [5.74, 6) is 1.45. The van der Waals surface area contributed by atoms with E-state index in [0.29, 0.717) is 11.5 Å². The molecule has 0 radical (unpaired) electrons. The van der Waals surface area contributed by atoms with Crippen molar-refractivity contribution < 1.29 is 19.1 Å². The van der Waals surface area contributed by atoms with Gasteiger partial charge in [-0.2, -0.15) is 0 Å². The monoisotopic (exact) mass is 343 g/mol. The molecule has 2 aromatic carbocycles. The van der Waals surface area contributed by atoms with Crippen LogP contribution >= 0.6 is 0 Å². The number of hydrogen-bond donors (Lipinski definition) is 0. The van der Waals surface area contributed by atoms with Crippen molar-refractivity contribution in [3.8, 4) is 17.2 Å². The van der Waals surface area contributed by atoms with Crippen LogP contribution in [0.3, 0.4) is 0 Å². The molecular weight excluding hydrogens is 322 g/mol. The van der Waals surface area contributed by atoms with E-state index in [4.69, 9.17) is 14.2 Å². The van der Waals surface area contributed by atoms with E-state index in [-0.39, 0.29) is 24.7 Å². The van der Waals surface area contributed by atoms with E-state index in [1.54, 1.807) is 26.2 Å². The first-order valence-electron chi connectivity index (χ1n) is 7.86. The number of aryl methyl sites for hydroxylation is 1. The predicted molar refractivity (Wildman–Crippen MR) is 96.5 cm³/mol. The first kappa shape index (κ1) is 18.3. The number of methoxy groups -OCH3 is 1. The van der Waals surface area contributed by atoms with Gasteiger partial charge in [0.15, 0.2) is 17.2 Å². The Labute approximate surface area is 146 Å². The molecule has 0 bridgehead atoms. The maximum atomic E-state index is 11.1. The molecule has 0 saturated heterocycles. The molecule has 0 heterocycles. The Morgan fingerprint density at radius 2 is 1.72 bits per heavy atom. The van der Waals surface area contributed by atoms with Crippen molar-refractivity contribution in [2.75, 3.05) is 20.3 Å². The molecule has 0 N–H and O–H groups in total. The zero-order chi connectivity index (χ0) is 18.2. The molecule has 0 aliphatic carbocycles. The van der Waals surface area contributed by atoms with Gasteiger partial charge in [0.05, 0.1) is 12.0 Å². The number of nitrogens with zero attached hydrogens (tertiary/aromatic N) is 1. The maximum Gasteiger partial charge on any atom is 0.311 e. The lowest BCUT2D eigenvalue weighted by molar-refractivity contribution is -0.385. The first-order valence-corrected chi connectivity index (χ1v) is 7.86. The molecule has 6 nitrogen and oxygen atoms in total. The Morgan fingerprint density at radius 3 is 2.36 bits per heavy atom. The summed E-state index contributed by atoms with van der Waals surface area (Å²) in [6, 6.07) is 10.5. The standard InChI is InChI=1S/C19H21NO5/c1-4-5-15-7-9-18(19(13-15)23-3)25-11-10-24-17-8-6-14(2)12-16(17)20(21)22/h4-9,12-13H,10-11H2,1-3H3. The largest absolute Gasteiger partial charge is 0.493 e. The first-order chi connectivity index (χ1) is 12.0. The number of nitro groups is 1. The van der Waals surface area contributed by atoms with Crippen molar-refractivity contribution in [1.82, 2.24) is 0 Å². The Kier molecular flexibility index (Phi) is 6.39. The molecule has 6 heteroatoms. The fraction of sp³-hybridized carbons (Fsp3) is 0.263. The van der Waals surface area contributed by atoms with Crippen molar-refractivity contribution in [2.24, 2.45) is 0 Å². The second kappa shape index (κ2) is 8.73. The number of hydrogen-bond acceptors (Lipinski definition) is 5. The molecule has 0 aliphatic heterocycles. The topological polar surface area (TPSA) is 70.8 Å². The molecule has 0 aromatic heterocycles. The molecule has 132 valence electrons. The van der Waals surface area contributed by atoms with Crippen LogP contribution in [0, 0.1) is 17.0 Å². The average molecular weight is 343 g/mol. The minimum atomic E-state index is -0.452. The van der Waals surface area contributed by atoms with Gasteiger partial charge < -0.3 is 14.2 Å². The summed E-state index contributed by atoms with van der Waals surface area (Å²) in [6.07, 6.45) is 3.91. The van der Waals surface area contributed by atoms with Crippen LogP contribution in [-0.2, 0) is 0 Å². The van der Waals surface area contributed by atoms with Crippen LogP contribution in [0.1, 0.15) is 18.1 Å². The fourth-order valence-electron chi connectivity index (χ4n) is 2.29. The highest BCUT2D eigenvalue weighted by Gasteiger charge is 2.15. The van der Waals surface area contributed by atoms with Crippen LogP contribution in [0.2, 0.25) is 0 Å². The van der Waals surface area contributed by atoms with E-state index < -0.39 is 4.92 Å². The van der Waals surface area contributed by atoms with E-state index in [2.05, 4.69) is 0 Å². The summed E-state index contributed by atoms with van der Waals surface area (Å²) in [5, 5.41) is 11.1. The Balaban J connectivity index is 1.97. The van der Waals surface area contributed by atoms with Crippen LogP contribution in [0.4, 0.5) is 5.69 Å². The van der Waals surface area contributed by atoms with E-state index in [9.17, 15) is 10.1 Å². The zero-order valence-electron chi connectivity index (χ0n) is 14.5. The van der Waals surface area contributed by atoms with Gasteiger partial charge in [0.2, 0.25) is 0 Å². The predicted octanol–water partition coefficient (Wildman–Crippen LogP) is 4.40. The van der Waals surface area contributed by atoms with Crippen molar-refractivity contribution in [1.29, 1.82) is 0 Å². The van der Waals surface area contributed by atoms with Crippen LogP contribution in [0.5, 0.6) is 17.2 Å². The van der Waals surface area contributed by atoms with Gasteiger partial charge in [-0.1, -0.05) is 24.3 Å². The zero-order valence-corrected chi connectivity index (χ0v) is 14.5. The van der Waals surface area contributed by atoms with Crippen molar-refractivity contribution in [3.63, 3.8) is 0 Å². The highest BCUT2D eigenvalue weighted by atomic mass is 16.6. The quantitative estimate of drug-likeness (QED) is 0.403. The fourth-order valence-corrected chi connectivity index (χ4v) is 2.29. The van der Waals surface area contributed by atoms with Crippen LogP contribution in [0.25, 0.3) is 6.08 Å². The van der Waals surface area contributed by atoms with E-state index >= 15 is 0 Å². The molecule has 0 fully saturated rings. The van der Waals surface area contributed by atoms with Gasteiger partial charge in [0.25, 0.3) is 0 Å². The molecule has 2 aromatic rings. The van der Waals surface area contributed by atoms with Gasteiger partial charge in [0.1, 0.15) is 13.2 Å². The molecule has 0 atom stereocenters. The van der Waals surface area contributed by atoms with Gasteiger partial charge in [-0.05, 0) is 43.2 Å². The van der Waals surface area contributed by atoms with Crippen molar-refractivity contribution >= 4 is 11.8 Å². The summed E-state index contributed by atoms with van der Waals surface area (Å²) >= 11 is 0. The molecule has 0 amide bonds. The van der Waals surface area contributed by atoms with E-state index in [0.717, 1.165) is 11.1 Å². The summed E-state index contributed by atoms with van der Waals surface area (Å²) in [4.78, 5) is 10.6. The molecule has 0 spiro atoms. The number of allylic oxidation sites excluding steroid dienone is 1. The minimum Gasteiger partial charge on any atom is -0.493 e. The van der Waals surface area contributed by atoms with Crippen LogP contribution in [0.15, 0.2) is 42.5 Å². The molecule has 0 unspecified atom stereocenters. The van der Waals surface area contributed by atoms with Gasteiger partial charge in [-0.25, -0.2) is 0 Å². The average Bonchev–Trinajstić information content (AvgIpc) is 2.60. The van der Waals surface area contributed by atoms with E-state index in [1.807, 2.05) is 37.3 Å². The lowest BCUT2D eigenvalue weighted by Gasteiger charge is -2.12. The number of nitro benzene ring substituents is 1.